The standard InChI is InChI=1S/C17H13NO2/c1-2-3-12-4-6-13(7-5-12)14-8-9-16(17(19)20)15(10-14)11-18/h2,4-10H,1,3H2,(H,19,20). The number of rotatable bonds is 4. The van der Waals surface area contributed by atoms with Crippen LogP contribution in [0.2, 0.25) is 0 Å². The molecule has 0 saturated carbocycles. The van der Waals surface area contributed by atoms with Gasteiger partial charge >= 0.3 is 5.97 Å². The fraction of sp³-hybridized carbons (Fsp3) is 0.0588. The van der Waals surface area contributed by atoms with Crippen LogP contribution in [0.25, 0.3) is 11.1 Å². The highest BCUT2D eigenvalue weighted by Crippen LogP contribution is 2.23. The average Bonchev–Trinajstić information content (AvgIpc) is 2.47. The van der Waals surface area contributed by atoms with E-state index in [4.69, 9.17) is 10.4 Å². The number of nitriles is 1. The molecule has 0 unspecified atom stereocenters. The van der Waals surface area contributed by atoms with Crippen LogP contribution in [0.4, 0.5) is 0 Å². The molecule has 0 fully saturated rings. The molecule has 0 aliphatic carbocycles. The molecular weight excluding hydrogens is 250 g/mol. The Morgan fingerprint density at radius 1 is 1.20 bits per heavy atom. The Kier molecular flexibility index (Phi) is 3.97. The number of carboxylic acids is 1. The summed E-state index contributed by atoms with van der Waals surface area (Å²) in [5.74, 6) is -1.09. The Balaban J connectivity index is 2.40. The fourth-order valence-corrected chi connectivity index (χ4v) is 2.00. The molecule has 0 aromatic heterocycles. The molecule has 2 aromatic carbocycles. The molecule has 0 amide bonds. The molecule has 2 aromatic rings. The first kappa shape index (κ1) is 13.6. The van der Waals surface area contributed by atoms with Crippen molar-refractivity contribution in [3.8, 4) is 17.2 Å². The molecule has 3 nitrogen and oxygen atoms in total. The van der Waals surface area contributed by atoms with Crippen molar-refractivity contribution in [1.82, 2.24) is 0 Å². The maximum absolute atomic E-state index is 11.0. The molecule has 1 N–H and O–H groups in total. The molecule has 0 bridgehead atoms. The zero-order valence-corrected chi connectivity index (χ0v) is 10.8. The third-order valence-corrected chi connectivity index (χ3v) is 3.04. The summed E-state index contributed by atoms with van der Waals surface area (Å²) in [7, 11) is 0. The van der Waals surface area contributed by atoms with E-state index in [1.807, 2.05) is 36.4 Å². The van der Waals surface area contributed by atoms with Gasteiger partial charge in [0.1, 0.15) is 6.07 Å². The van der Waals surface area contributed by atoms with E-state index in [0.29, 0.717) is 0 Å². The van der Waals surface area contributed by atoms with Gasteiger partial charge in [-0.15, -0.1) is 6.58 Å². The first-order valence-electron chi connectivity index (χ1n) is 6.13. The molecule has 0 saturated heterocycles. The van der Waals surface area contributed by atoms with Gasteiger partial charge < -0.3 is 5.11 Å². The van der Waals surface area contributed by atoms with Gasteiger partial charge in [0.25, 0.3) is 0 Å². The Morgan fingerprint density at radius 2 is 1.85 bits per heavy atom. The summed E-state index contributed by atoms with van der Waals surface area (Å²) in [6.45, 7) is 3.69. The minimum Gasteiger partial charge on any atom is -0.478 e. The summed E-state index contributed by atoms with van der Waals surface area (Å²) in [5, 5.41) is 18.0. The van der Waals surface area contributed by atoms with E-state index in [1.54, 1.807) is 12.1 Å². The molecule has 0 atom stereocenters. The van der Waals surface area contributed by atoms with E-state index < -0.39 is 5.97 Å². The summed E-state index contributed by atoms with van der Waals surface area (Å²) in [6, 6.07) is 14.6. The minimum absolute atomic E-state index is 0.0273. The van der Waals surface area contributed by atoms with Crippen LogP contribution in [0.1, 0.15) is 21.5 Å². The largest absolute Gasteiger partial charge is 0.478 e. The number of nitrogens with zero attached hydrogens (tertiary/aromatic N) is 1. The van der Waals surface area contributed by atoms with Crippen LogP contribution in [-0.2, 0) is 6.42 Å². The molecule has 0 aliphatic rings. The van der Waals surface area contributed by atoms with Crippen LogP contribution in [0, 0.1) is 11.3 Å². The van der Waals surface area contributed by atoms with Crippen LogP contribution in [0.5, 0.6) is 0 Å². The van der Waals surface area contributed by atoms with Crippen LogP contribution in [0.15, 0.2) is 55.1 Å². The smallest absolute Gasteiger partial charge is 0.337 e. The lowest BCUT2D eigenvalue weighted by atomic mass is 9.98. The van der Waals surface area contributed by atoms with Crippen molar-refractivity contribution in [3.63, 3.8) is 0 Å². The SMILES string of the molecule is C=CCc1ccc(-c2ccc(C(=O)O)c(C#N)c2)cc1. The lowest BCUT2D eigenvalue weighted by Gasteiger charge is -2.05. The van der Waals surface area contributed by atoms with E-state index in [0.717, 1.165) is 23.1 Å². The summed E-state index contributed by atoms with van der Waals surface area (Å²) in [5.41, 5.74) is 3.14. The molecule has 0 aliphatic heterocycles. The fourth-order valence-electron chi connectivity index (χ4n) is 2.00. The molecule has 0 heterocycles. The summed E-state index contributed by atoms with van der Waals surface area (Å²) < 4.78 is 0. The lowest BCUT2D eigenvalue weighted by molar-refractivity contribution is 0.0696. The summed E-state index contributed by atoms with van der Waals surface area (Å²) in [4.78, 5) is 11.0. The summed E-state index contributed by atoms with van der Waals surface area (Å²) in [6.07, 6.45) is 2.64. The predicted molar refractivity (Wildman–Crippen MR) is 77.5 cm³/mol. The Morgan fingerprint density at radius 3 is 2.40 bits per heavy atom. The maximum atomic E-state index is 11.0. The van der Waals surface area contributed by atoms with Crippen LogP contribution in [0.3, 0.4) is 0 Å². The van der Waals surface area contributed by atoms with Gasteiger partial charge in [0.15, 0.2) is 0 Å². The number of carboxylic acid groups (broad SMARTS) is 1. The van der Waals surface area contributed by atoms with E-state index in [-0.39, 0.29) is 11.1 Å². The van der Waals surface area contributed by atoms with Crippen molar-refractivity contribution in [3.05, 3.63) is 71.8 Å². The summed E-state index contributed by atoms with van der Waals surface area (Å²) >= 11 is 0. The van der Waals surface area contributed by atoms with Crippen molar-refractivity contribution in [2.45, 2.75) is 6.42 Å². The molecular formula is C17H13NO2. The van der Waals surface area contributed by atoms with E-state index in [2.05, 4.69) is 6.58 Å². The number of allylic oxidation sites excluding steroid dienone is 1. The van der Waals surface area contributed by atoms with Crippen LogP contribution < -0.4 is 0 Å². The third kappa shape index (κ3) is 2.76. The van der Waals surface area contributed by atoms with Crippen molar-refractivity contribution in [2.75, 3.05) is 0 Å². The average molecular weight is 263 g/mol. The Bertz CT molecular complexity index is 694. The van der Waals surface area contributed by atoms with Crippen molar-refractivity contribution in [2.24, 2.45) is 0 Å². The second-order valence-electron chi connectivity index (χ2n) is 4.37. The van der Waals surface area contributed by atoms with Gasteiger partial charge in [0.05, 0.1) is 11.1 Å². The minimum atomic E-state index is -1.09. The van der Waals surface area contributed by atoms with Crippen LogP contribution >= 0.6 is 0 Å². The molecule has 3 heteroatoms. The highest BCUT2D eigenvalue weighted by molar-refractivity contribution is 5.91. The predicted octanol–water partition coefficient (Wildman–Crippen LogP) is 3.65. The van der Waals surface area contributed by atoms with Crippen LogP contribution in [-0.4, -0.2) is 11.1 Å². The van der Waals surface area contributed by atoms with Gasteiger partial charge in [-0.3, -0.25) is 0 Å². The highest BCUT2D eigenvalue weighted by atomic mass is 16.4. The normalized spacial score (nSPS) is 9.75. The number of hydrogen-bond donors (Lipinski definition) is 1. The quantitative estimate of drug-likeness (QED) is 0.856. The maximum Gasteiger partial charge on any atom is 0.337 e. The number of hydrogen-bond acceptors (Lipinski definition) is 2. The Labute approximate surface area is 117 Å². The zero-order valence-electron chi connectivity index (χ0n) is 10.8. The number of benzene rings is 2. The molecule has 2 rings (SSSR count). The number of carbonyl (C=O) groups is 1. The van der Waals surface area contributed by atoms with Gasteiger partial charge in [-0.25, -0.2) is 4.79 Å². The first-order chi connectivity index (χ1) is 9.65. The second-order valence-corrected chi connectivity index (χ2v) is 4.37. The zero-order chi connectivity index (χ0) is 14.5. The molecule has 0 radical (unpaired) electrons. The number of aromatic carboxylic acids is 1. The highest BCUT2D eigenvalue weighted by Gasteiger charge is 2.10. The second kappa shape index (κ2) is 5.85. The first-order valence-corrected chi connectivity index (χ1v) is 6.13. The van der Waals surface area contributed by atoms with E-state index in [1.165, 1.54) is 6.07 Å². The Hall–Kier alpha value is -2.86. The monoisotopic (exact) mass is 263 g/mol. The third-order valence-electron chi connectivity index (χ3n) is 3.04. The topological polar surface area (TPSA) is 61.1 Å². The van der Waals surface area contributed by atoms with Gasteiger partial charge in [0, 0.05) is 0 Å². The van der Waals surface area contributed by atoms with E-state index in [9.17, 15) is 4.79 Å². The van der Waals surface area contributed by atoms with Gasteiger partial charge in [0.2, 0.25) is 0 Å². The van der Waals surface area contributed by atoms with E-state index >= 15 is 0 Å². The molecule has 98 valence electrons. The molecule has 20 heavy (non-hydrogen) atoms. The lowest BCUT2D eigenvalue weighted by Crippen LogP contribution is -2.00. The van der Waals surface area contributed by atoms with Crippen molar-refractivity contribution < 1.29 is 9.90 Å². The van der Waals surface area contributed by atoms with Crippen molar-refractivity contribution in [1.29, 1.82) is 5.26 Å². The van der Waals surface area contributed by atoms with Gasteiger partial charge in [-0.05, 0) is 35.2 Å². The van der Waals surface area contributed by atoms with Crippen molar-refractivity contribution >= 4 is 5.97 Å². The van der Waals surface area contributed by atoms with Gasteiger partial charge in [-0.1, -0.05) is 36.4 Å². The molecule has 0 spiro atoms. The van der Waals surface area contributed by atoms with Gasteiger partial charge in [-0.2, -0.15) is 5.26 Å².